The van der Waals surface area contributed by atoms with Gasteiger partial charge in [-0.1, -0.05) is 12.1 Å². The Balaban J connectivity index is 1.77. The molecule has 1 aliphatic rings. The van der Waals surface area contributed by atoms with Crippen LogP contribution >= 0.6 is 15.9 Å². The number of nitrogens with zero attached hydrogens (tertiary/aromatic N) is 5. The monoisotopic (exact) mass is 419 g/mol. The van der Waals surface area contributed by atoms with E-state index in [9.17, 15) is 14.7 Å². The van der Waals surface area contributed by atoms with Gasteiger partial charge in [-0.05, 0) is 28.1 Å². The number of rotatable bonds is 2. The van der Waals surface area contributed by atoms with Crippen molar-refractivity contribution in [1.82, 2.24) is 29.8 Å². The van der Waals surface area contributed by atoms with Crippen molar-refractivity contribution in [2.45, 2.75) is 6.04 Å². The molecule has 1 fully saturated rings. The van der Waals surface area contributed by atoms with Crippen LogP contribution < -0.4 is 10.6 Å². The van der Waals surface area contributed by atoms with E-state index in [0.29, 0.717) is 21.8 Å². The molecule has 2 amide bonds. The van der Waals surface area contributed by atoms with Crippen molar-refractivity contribution in [3.63, 3.8) is 0 Å². The Morgan fingerprint density at radius 3 is 2.96 bits per heavy atom. The van der Waals surface area contributed by atoms with Crippen LogP contribution in [0.4, 0.5) is 10.7 Å². The fraction of sp³-hybridized carbons (Fsp3) is 0.267. The van der Waals surface area contributed by atoms with E-state index >= 15 is 0 Å². The summed E-state index contributed by atoms with van der Waals surface area (Å²) >= 11 is 3.26. The molecular formula is C15H14BrN7O3. The topological polar surface area (TPSA) is 125 Å². The van der Waals surface area contributed by atoms with Gasteiger partial charge in [0.25, 0.3) is 0 Å². The molecule has 1 saturated heterocycles. The second-order valence-corrected chi connectivity index (χ2v) is 6.49. The summed E-state index contributed by atoms with van der Waals surface area (Å²) in [7, 11) is 0. The van der Waals surface area contributed by atoms with Gasteiger partial charge in [-0.15, -0.1) is 5.10 Å². The molecule has 0 saturated carbocycles. The van der Waals surface area contributed by atoms with E-state index in [4.69, 9.17) is 0 Å². The molecule has 1 atom stereocenters. The normalized spacial score (nSPS) is 18.0. The van der Waals surface area contributed by atoms with Crippen molar-refractivity contribution < 1.29 is 14.7 Å². The molecule has 26 heavy (non-hydrogen) atoms. The maximum Gasteiger partial charge on any atom is 0.407 e. The lowest BCUT2D eigenvalue weighted by molar-refractivity contribution is -0.121. The number of aromatic nitrogens is 4. The highest BCUT2D eigenvalue weighted by Gasteiger charge is 2.28. The molecule has 4 rings (SSSR count). The first-order valence-electron chi connectivity index (χ1n) is 7.86. The van der Waals surface area contributed by atoms with Crippen LogP contribution in [0.5, 0.6) is 0 Å². The summed E-state index contributed by atoms with van der Waals surface area (Å²) in [5.41, 5.74) is 1.26. The first-order chi connectivity index (χ1) is 12.5. The van der Waals surface area contributed by atoms with Gasteiger partial charge < -0.3 is 20.6 Å². The highest BCUT2D eigenvalue weighted by atomic mass is 79.9. The van der Waals surface area contributed by atoms with Crippen molar-refractivity contribution in [2.75, 3.05) is 25.0 Å². The quantitative estimate of drug-likeness (QED) is 0.563. The zero-order chi connectivity index (χ0) is 18.3. The summed E-state index contributed by atoms with van der Waals surface area (Å²) < 4.78 is 1.88. The van der Waals surface area contributed by atoms with Crippen molar-refractivity contribution in [3.8, 4) is 0 Å². The third-order valence-corrected chi connectivity index (χ3v) is 4.46. The third kappa shape index (κ3) is 2.90. The van der Waals surface area contributed by atoms with Gasteiger partial charge in [0.1, 0.15) is 6.04 Å². The Morgan fingerprint density at radius 1 is 1.35 bits per heavy atom. The van der Waals surface area contributed by atoms with Crippen LogP contribution in [-0.4, -0.2) is 67.3 Å². The average molecular weight is 420 g/mol. The predicted octanol–water partition coefficient (Wildman–Crippen LogP) is 0.930. The third-order valence-electron chi connectivity index (χ3n) is 4.13. The largest absolute Gasteiger partial charge is 0.465 e. The van der Waals surface area contributed by atoms with Gasteiger partial charge in [-0.25, -0.2) is 14.8 Å². The highest BCUT2D eigenvalue weighted by molar-refractivity contribution is 9.10. The molecule has 0 radical (unpaired) electrons. The van der Waals surface area contributed by atoms with Crippen LogP contribution in [-0.2, 0) is 4.79 Å². The van der Waals surface area contributed by atoms with Crippen molar-refractivity contribution in [3.05, 3.63) is 29.0 Å². The molecule has 134 valence electrons. The van der Waals surface area contributed by atoms with E-state index < -0.39 is 12.1 Å². The minimum absolute atomic E-state index is 0.00698. The fourth-order valence-electron chi connectivity index (χ4n) is 2.90. The molecule has 3 N–H and O–H groups in total. The molecule has 10 nitrogen and oxygen atoms in total. The SMILES string of the molecule is O=C1NCCN(C(=O)O)C[C@H]1Nc1nc2ccccc2c2nc(Br)nn12. The second-order valence-electron chi connectivity index (χ2n) is 5.79. The van der Waals surface area contributed by atoms with Crippen molar-refractivity contribution >= 4 is 50.4 Å². The summed E-state index contributed by atoms with van der Waals surface area (Å²) in [5.74, 6) is 0.0142. The maximum atomic E-state index is 12.3. The van der Waals surface area contributed by atoms with Gasteiger partial charge in [0.05, 0.1) is 12.1 Å². The van der Waals surface area contributed by atoms with Gasteiger partial charge in [0.15, 0.2) is 5.65 Å². The minimum Gasteiger partial charge on any atom is -0.465 e. The Morgan fingerprint density at radius 2 is 2.15 bits per heavy atom. The van der Waals surface area contributed by atoms with Crippen LogP contribution in [0.3, 0.4) is 0 Å². The van der Waals surface area contributed by atoms with Crippen molar-refractivity contribution in [2.24, 2.45) is 0 Å². The fourth-order valence-corrected chi connectivity index (χ4v) is 3.22. The first-order valence-corrected chi connectivity index (χ1v) is 8.65. The molecule has 2 aromatic heterocycles. The van der Waals surface area contributed by atoms with E-state index in [0.717, 1.165) is 5.39 Å². The molecule has 3 heterocycles. The molecule has 3 aromatic rings. The van der Waals surface area contributed by atoms with Crippen LogP contribution in [0.1, 0.15) is 0 Å². The molecule has 0 bridgehead atoms. The number of carboxylic acid groups (broad SMARTS) is 1. The molecule has 0 aliphatic carbocycles. The Kier molecular flexibility index (Phi) is 4.07. The molecule has 0 unspecified atom stereocenters. The lowest BCUT2D eigenvalue weighted by atomic mass is 10.2. The lowest BCUT2D eigenvalue weighted by Gasteiger charge is -2.21. The number of hydrogen-bond donors (Lipinski definition) is 3. The Hall–Kier alpha value is -2.95. The number of carbonyl (C=O) groups excluding carboxylic acids is 1. The smallest absolute Gasteiger partial charge is 0.407 e. The van der Waals surface area contributed by atoms with E-state index in [1.165, 1.54) is 9.42 Å². The summed E-state index contributed by atoms with van der Waals surface area (Å²) in [5, 5.41) is 20.1. The van der Waals surface area contributed by atoms with Crippen LogP contribution in [0.15, 0.2) is 29.0 Å². The number of benzene rings is 1. The van der Waals surface area contributed by atoms with Crippen LogP contribution in [0.2, 0.25) is 0 Å². The number of fused-ring (bicyclic) bond motifs is 3. The Labute approximate surface area is 155 Å². The highest BCUT2D eigenvalue weighted by Crippen LogP contribution is 2.22. The first kappa shape index (κ1) is 16.5. The van der Waals surface area contributed by atoms with Crippen molar-refractivity contribution in [1.29, 1.82) is 0 Å². The van der Waals surface area contributed by atoms with Gasteiger partial charge in [0, 0.05) is 18.5 Å². The summed E-state index contributed by atoms with van der Waals surface area (Å²) in [6.45, 7) is 0.500. The number of nitrogens with one attached hydrogen (secondary N) is 2. The summed E-state index contributed by atoms with van der Waals surface area (Å²) in [6.07, 6.45) is -1.08. The second kappa shape index (κ2) is 6.41. The summed E-state index contributed by atoms with van der Waals surface area (Å²) in [4.78, 5) is 33.7. The lowest BCUT2D eigenvalue weighted by Crippen LogP contribution is -2.44. The zero-order valence-electron chi connectivity index (χ0n) is 13.4. The number of amides is 2. The van der Waals surface area contributed by atoms with Gasteiger partial charge >= 0.3 is 6.09 Å². The van der Waals surface area contributed by atoms with Gasteiger partial charge in [-0.3, -0.25) is 4.79 Å². The van der Waals surface area contributed by atoms with E-state index in [1.54, 1.807) is 0 Å². The maximum absolute atomic E-state index is 12.3. The van der Waals surface area contributed by atoms with E-state index in [-0.39, 0.29) is 25.5 Å². The zero-order valence-corrected chi connectivity index (χ0v) is 15.0. The van der Waals surface area contributed by atoms with Crippen LogP contribution in [0.25, 0.3) is 16.6 Å². The summed E-state index contributed by atoms with van der Waals surface area (Å²) in [6, 6.07) is 6.65. The van der Waals surface area contributed by atoms with E-state index in [1.807, 2.05) is 24.3 Å². The number of halogens is 1. The average Bonchev–Trinajstić information content (AvgIpc) is 2.91. The Bertz CT molecular complexity index is 1020. The number of para-hydroxylation sites is 1. The number of anilines is 1. The molecule has 0 spiro atoms. The van der Waals surface area contributed by atoms with Gasteiger partial charge in [-0.2, -0.15) is 4.52 Å². The van der Waals surface area contributed by atoms with Crippen LogP contribution in [0, 0.1) is 0 Å². The molecule has 11 heteroatoms. The van der Waals surface area contributed by atoms with Gasteiger partial charge in [0.2, 0.25) is 16.6 Å². The van der Waals surface area contributed by atoms with E-state index in [2.05, 4.69) is 41.6 Å². The molecule has 1 aliphatic heterocycles. The molecular weight excluding hydrogens is 406 g/mol. The predicted molar refractivity (Wildman–Crippen MR) is 96.0 cm³/mol. The number of carbonyl (C=O) groups is 2. The minimum atomic E-state index is -1.08. The number of hydrogen-bond acceptors (Lipinski definition) is 6. The molecule has 1 aromatic carbocycles. The standard InChI is InChI=1S/C15H14BrN7O3/c16-13-20-11-8-3-1-2-4-9(8)18-14(23(11)21-13)19-10-7-22(15(25)26)6-5-17-12(10)24/h1-4,10H,5-7H2,(H,17,24)(H,18,19)(H,25,26)/t10-/m1/s1.